The molecule has 1 atom stereocenters. The standard InChI is InChI=1S/C7H6N6/c8-4-3-7(2-1-5-9-7)6-10-12-13-11-6/h1-2,5H,3H2,(H,10,11,12,13). The van der Waals surface area contributed by atoms with Gasteiger partial charge in [-0.2, -0.15) is 10.5 Å². The minimum Gasteiger partial charge on any atom is -0.273 e. The number of aromatic nitrogens is 4. The number of nitrogens with zero attached hydrogens (tertiary/aromatic N) is 5. The van der Waals surface area contributed by atoms with E-state index in [9.17, 15) is 0 Å². The fourth-order valence-electron chi connectivity index (χ4n) is 1.20. The van der Waals surface area contributed by atoms with E-state index in [-0.39, 0.29) is 6.42 Å². The summed E-state index contributed by atoms with van der Waals surface area (Å²) in [4.78, 5) is 4.16. The van der Waals surface area contributed by atoms with Gasteiger partial charge in [0.2, 0.25) is 5.82 Å². The molecule has 1 N–H and O–H groups in total. The third-order valence-corrected chi connectivity index (χ3v) is 1.84. The Morgan fingerprint density at radius 3 is 3.08 bits per heavy atom. The highest BCUT2D eigenvalue weighted by atomic mass is 15.5. The van der Waals surface area contributed by atoms with Gasteiger partial charge in [0.1, 0.15) is 0 Å². The van der Waals surface area contributed by atoms with Gasteiger partial charge < -0.3 is 0 Å². The molecule has 13 heavy (non-hydrogen) atoms. The van der Waals surface area contributed by atoms with Crippen molar-refractivity contribution >= 4 is 6.21 Å². The van der Waals surface area contributed by atoms with Crippen molar-refractivity contribution in [3.8, 4) is 6.07 Å². The minimum atomic E-state index is -0.720. The van der Waals surface area contributed by atoms with Gasteiger partial charge in [-0.1, -0.05) is 5.21 Å². The summed E-state index contributed by atoms with van der Waals surface area (Å²) in [7, 11) is 0. The Morgan fingerprint density at radius 2 is 2.54 bits per heavy atom. The molecule has 0 radical (unpaired) electrons. The monoisotopic (exact) mass is 174 g/mol. The maximum Gasteiger partial charge on any atom is 0.207 e. The lowest BCUT2D eigenvalue weighted by Gasteiger charge is -2.14. The molecule has 0 amide bonds. The van der Waals surface area contributed by atoms with E-state index in [0.717, 1.165) is 0 Å². The number of tetrazole rings is 1. The maximum atomic E-state index is 8.65. The molecular weight excluding hydrogens is 168 g/mol. The van der Waals surface area contributed by atoms with Gasteiger partial charge in [-0.3, -0.25) is 4.99 Å². The van der Waals surface area contributed by atoms with Crippen LogP contribution in [0.25, 0.3) is 0 Å². The second kappa shape index (κ2) is 2.79. The fraction of sp³-hybridized carbons (Fsp3) is 0.286. The van der Waals surface area contributed by atoms with E-state index in [0.29, 0.717) is 5.82 Å². The molecule has 1 aliphatic rings. The van der Waals surface area contributed by atoms with Crippen LogP contribution in [-0.2, 0) is 5.54 Å². The fourth-order valence-corrected chi connectivity index (χ4v) is 1.20. The Bertz CT molecular complexity index is 370. The first-order valence-electron chi connectivity index (χ1n) is 3.71. The van der Waals surface area contributed by atoms with Crippen molar-refractivity contribution in [3.05, 3.63) is 18.0 Å². The van der Waals surface area contributed by atoms with E-state index in [1.54, 1.807) is 18.4 Å². The lowest BCUT2D eigenvalue weighted by atomic mass is 9.97. The largest absolute Gasteiger partial charge is 0.273 e. The number of aliphatic imine (C=N–C) groups is 1. The highest BCUT2D eigenvalue weighted by molar-refractivity contribution is 5.75. The van der Waals surface area contributed by atoms with Crippen molar-refractivity contribution < 1.29 is 0 Å². The van der Waals surface area contributed by atoms with Gasteiger partial charge in [-0.25, -0.2) is 0 Å². The Balaban J connectivity index is 2.41. The van der Waals surface area contributed by atoms with Gasteiger partial charge in [0.15, 0.2) is 5.54 Å². The van der Waals surface area contributed by atoms with Crippen molar-refractivity contribution in [2.45, 2.75) is 12.0 Å². The molecule has 0 aromatic carbocycles. The van der Waals surface area contributed by atoms with Crippen LogP contribution in [0.4, 0.5) is 0 Å². The van der Waals surface area contributed by atoms with Crippen molar-refractivity contribution in [1.29, 1.82) is 5.26 Å². The average molecular weight is 174 g/mol. The molecule has 1 aromatic heterocycles. The molecule has 0 saturated heterocycles. The summed E-state index contributed by atoms with van der Waals surface area (Å²) in [5.41, 5.74) is -0.720. The van der Waals surface area contributed by atoms with Gasteiger partial charge in [0, 0.05) is 6.21 Å². The Morgan fingerprint density at radius 1 is 1.62 bits per heavy atom. The van der Waals surface area contributed by atoms with Crippen LogP contribution in [0.15, 0.2) is 17.1 Å². The normalized spacial score (nSPS) is 24.8. The van der Waals surface area contributed by atoms with E-state index in [1.807, 2.05) is 0 Å². The van der Waals surface area contributed by atoms with Crippen molar-refractivity contribution in [2.24, 2.45) is 4.99 Å². The summed E-state index contributed by atoms with van der Waals surface area (Å²) >= 11 is 0. The molecule has 0 fully saturated rings. The lowest BCUT2D eigenvalue weighted by Crippen LogP contribution is -2.20. The van der Waals surface area contributed by atoms with Crippen molar-refractivity contribution in [3.63, 3.8) is 0 Å². The van der Waals surface area contributed by atoms with Crippen LogP contribution < -0.4 is 0 Å². The molecule has 6 nitrogen and oxygen atoms in total. The van der Waals surface area contributed by atoms with E-state index < -0.39 is 5.54 Å². The Labute approximate surface area is 74.0 Å². The van der Waals surface area contributed by atoms with Gasteiger partial charge in [-0.15, -0.1) is 10.2 Å². The molecule has 0 saturated carbocycles. The molecule has 1 aliphatic heterocycles. The lowest BCUT2D eigenvalue weighted by molar-refractivity contribution is 0.550. The molecule has 0 aliphatic carbocycles. The number of aromatic amines is 1. The molecule has 2 heterocycles. The third kappa shape index (κ3) is 1.10. The molecule has 0 bridgehead atoms. The third-order valence-electron chi connectivity index (χ3n) is 1.84. The highest BCUT2D eigenvalue weighted by Gasteiger charge is 2.34. The van der Waals surface area contributed by atoms with Gasteiger partial charge in [0.25, 0.3) is 0 Å². The van der Waals surface area contributed by atoms with Crippen LogP contribution in [0.1, 0.15) is 12.2 Å². The molecule has 0 spiro atoms. The minimum absolute atomic E-state index is 0.222. The van der Waals surface area contributed by atoms with E-state index in [4.69, 9.17) is 5.26 Å². The molecule has 64 valence electrons. The van der Waals surface area contributed by atoms with Crippen LogP contribution in [0.5, 0.6) is 0 Å². The topological polar surface area (TPSA) is 90.6 Å². The molecule has 1 aromatic rings. The van der Waals surface area contributed by atoms with Crippen LogP contribution in [0.2, 0.25) is 0 Å². The van der Waals surface area contributed by atoms with E-state index in [1.165, 1.54) is 0 Å². The van der Waals surface area contributed by atoms with E-state index >= 15 is 0 Å². The van der Waals surface area contributed by atoms with Crippen LogP contribution in [-0.4, -0.2) is 26.8 Å². The number of hydrogen-bond acceptors (Lipinski definition) is 5. The Kier molecular flexibility index (Phi) is 1.63. The average Bonchev–Trinajstić information content (AvgIpc) is 2.73. The zero-order chi connectivity index (χ0) is 9.15. The zero-order valence-electron chi connectivity index (χ0n) is 6.68. The molecule has 6 heteroatoms. The summed E-state index contributed by atoms with van der Waals surface area (Å²) in [6.07, 6.45) is 5.42. The van der Waals surface area contributed by atoms with Gasteiger partial charge in [0.05, 0.1) is 12.5 Å². The van der Waals surface area contributed by atoms with Crippen molar-refractivity contribution in [1.82, 2.24) is 20.6 Å². The predicted octanol–water partition coefficient (Wildman–Crippen LogP) is -0.0507. The van der Waals surface area contributed by atoms with Crippen molar-refractivity contribution in [2.75, 3.05) is 0 Å². The van der Waals surface area contributed by atoms with Gasteiger partial charge >= 0.3 is 0 Å². The summed E-state index contributed by atoms with van der Waals surface area (Å²) in [6, 6.07) is 2.05. The first kappa shape index (κ1) is 7.61. The van der Waals surface area contributed by atoms with Crippen LogP contribution >= 0.6 is 0 Å². The first-order chi connectivity index (χ1) is 6.37. The summed E-state index contributed by atoms with van der Waals surface area (Å²) in [5.74, 6) is 0.430. The SMILES string of the molecule is N#CCC1(c2nn[nH]n2)C=CC=N1. The van der Waals surface area contributed by atoms with Crippen LogP contribution in [0, 0.1) is 11.3 Å². The molecule has 2 rings (SSSR count). The second-order valence-corrected chi connectivity index (χ2v) is 2.63. The van der Waals surface area contributed by atoms with Gasteiger partial charge in [-0.05, 0) is 12.2 Å². The Hall–Kier alpha value is -2.03. The summed E-state index contributed by atoms with van der Waals surface area (Å²) in [5, 5.41) is 22.1. The smallest absolute Gasteiger partial charge is 0.207 e. The molecular formula is C7H6N6. The second-order valence-electron chi connectivity index (χ2n) is 2.63. The zero-order valence-corrected chi connectivity index (χ0v) is 6.68. The highest BCUT2D eigenvalue weighted by Crippen LogP contribution is 2.29. The number of allylic oxidation sites excluding steroid dienone is 1. The summed E-state index contributed by atoms with van der Waals surface area (Å²) < 4.78 is 0. The quantitative estimate of drug-likeness (QED) is 0.680. The number of rotatable bonds is 2. The number of hydrogen-bond donors (Lipinski definition) is 1. The maximum absolute atomic E-state index is 8.65. The molecule has 1 unspecified atom stereocenters. The van der Waals surface area contributed by atoms with E-state index in [2.05, 4.69) is 31.7 Å². The number of H-pyrrole nitrogens is 1. The number of nitrogens with one attached hydrogen (secondary N) is 1. The number of nitriles is 1. The predicted molar refractivity (Wildman–Crippen MR) is 43.7 cm³/mol. The summed E-state index contributed by atoms with van der Waals surface area (Å²) in [6.45, 7) is 0. The first-order valence-corrected chi connectivity index (χ1v) is 3.71. The van der Waals surface area contributed by atoms with Crippen LogP contribution in [0.3, 0.4) is 0 Å².